The van der Waals surface area contributed by atoms with Gasteiger partial charge in [-0.05, 0) is 37.3 Å². The highest BCUT2D eigenvalue weighted by Crippen LogP contribution is 2.27. The molecule has 142 valence electrons. The van der Waals surface area contributed by atoms with Gasteiger partial charge in [0, 0.05) is 0 Å². The van der Waals surface area contributed by atoms with E-state index in [-0.39, 0.29) is 0 Å². The number of nitrogens with zero attached hydrogens (tertiary/aromatic N) is 1. The Morgan fingerprint density at radius 2 is 1.44 bits per heavy atom. The highest BCUT2D eigenvalue weighted by atomic mass is 32.1. The number of unbranched alkanes of at least 4 members (excludes halogenated alkanes) is 8. The first kappa shape index (κ1) is 22.5. The molecular weight excluding hydrogens is 344 g/mol. The largest absolute Gasteiger partial charge is 0.281 e. The lowest BCUT2D eigenvalue weighted by molar-refractivity contribution is 0.630. The van der Waals surface area contributed by atoms with Crippen LogP contribution in [0.25, 0.3) is 10.2 Å². The van der Waals surface area contributed by atoms with E-state index in [1.54, 1.807) is 0 Å². The molecule has 25 heavy (non-hydrogen) atoms. The van der Waals surface area contributed by atoms with Crippen molar-refractivity contribution < 1.29 is 0 Å². The zero-order valence-corrected chi connectivity index (χ0v) is 17.8. The van der Waals surface area contributed by atoms with Crippen LogP contribution in [0.3, 0.4) is 0 Å². The number of thiol groups is 1. The molecule has 0 unspecified atom stereocenters. The van der Waals surface area contributed by atoms with Gasteiger partial charge in [-0.1, -0.05) is 77.3 Å². The summed E-state index contributed by atoms with van der Waals surface area (Å²) in [4.78, 5) is 4.96. The second kappa shape index (κ2) is 14.6. The number of rotatable bonds is 12. The van der Waals surface area contributed by atoms with Gasteiger partial charge in [0.05, 0.1) is 15.2 Å². The van der Waals surface area contributed by atoms with Crippen LogP contribution in [0.4, 0.5) is 0 Å². The van der Waals surface area contributed by atoms with Gasteiger partial charge in [0.25, 0.3) is 0 Å². The molecule has 0 aliphatic heterocycles. The number of aryl methyl sites for hydroxylation is 2. The van der Waals surface area contributed by atoms with Crippen molar-refractivity contribution >= 4 is 34.4 Å². The maximum Gasteiger partial charge on any atom is 0.0938 e. The van der Waals surface area contributed by atoms with Crippen molar-refractivity contribution in [3.8, 4) is 0 Å². The number of aromatic nitrogens is 1. The second-order valence-corrected chi connectivity index (χ2v) is 7.82. The molecule has 1 heterocycles. The lowest BCUT2D eigenvalue weighted by atomic mass is 10.0. The van der Waals surface area contributed by atoms with Crippen LogP contribution in [0.2, 0.25) is 0 Å². The zero-order valence-electron chi connectivity index (χ0n) is 16.1. The van der Waals surface area contributed by atoms with Gasteiger partial charge in [-0.15, -0.1) is 24.2 Å². The summed E-state index contributed by atoms with van der Waals surface area (Å²) in [6, 6.07) is 6.74. The molecule has 1 aromatic carbocycles. The summed E-state index contributed by atoms with van der Waals surface area (Å²) in [6.07, 6.45) is 15.8. The minimum Gasteiger partial charge on any atom is -0.281 e. The van der Waals surface area contributed by atoms with E-state index in [2.05, 4.69) is 50.0 Å². The Bertz CT molecular complexity index is 566. The highest BCUT2D eigenvalue weighted by molar-refractivity contribution is 7.77. The summed E-state index contributed by atoms with van der Waals surface area (Å²) in [5.41, 5.74) is 2.75. The van der Waals surface area contributed by atoms with Crippen LogP contribution in [0.15, 0.2) is 18.2 Å². The molecule has 2 N–H and O–H groups in total. The predicted octanol–water partition coefficient (Wildman–Crippen LogP) is 7.11. The third kappa shape index (κ3) is 8.57. The second-order valence-electron chi connectivity index (χ2n) is 6.70. The summed E-state index contributed by atoms with van der Waals surface area (Å²) >= 11 is 4.94. The highest BCUT2D eigenvalue weighted by Gasteiger charge is 2.08. The van der Waals surface area contributed by atoms with E-state index in [1.807, 2.05) is 11.3 Å². The van der Waals surface area contributed by atoms with Gasteiger partial charge in [0.15, 0.2) is 0 Å². The van der Waals surface area contributed by atoms with Crippen LogP contribution in [0.5, 0.6) is 0 Å². The van der Waals surface area contributed by atoms with E-state index in [4.69, 9.17) is 4.98 Å². The smallest absolute Gasteiger partial charge is 0.0938 e. The summed E-state index contributed by atoms with van der Waals surface area (Å²) in [5.74, 6) is 0. The van der Waals surface area contributed by atoms with E-state index in [0.29, 0.717) is 0 Å². The average molecular weight is 381 g/mol. The SMILES string of the molecule is CCCCCCCc1nc2c(CCCCCCC)cccc2s1.NS. The Balaban J connectivity index is 0.00000151. The van der Waals surface area contributed by atoms with E-state index in [9.17, 15) is 0 Å². The molecule has 0 aliphatic carbocycles. The molecule has 1 aromatic heterocycles. The zero-order chi connectivity index (χ0) is 18.3. The molecule has 4 heteroatoms. The summed E-state index contributed by atoms with van der Waals surface area (Å²) < 4.78 is 1.39. The number of para-hydroxylation sites is 1. The molecule has 2 nitrogen and oxygen atoms in total. The number of hydrogen-bond acceptors (Lipinski definition) is 4. The summed E-state index contributed by atoms with van der Waals surface area (Å²) in [6.45, 7) is 4.55. The fourth-order valence-corrected chi connectivity index (χ4v) is 4.22. The molecule has 0 atom stereocenters. The van der Waals surface area contributed by atoms with Crippen molar-refractivity contribution in [2.45, 2.75) is 90.9 Å². The van der Waals surface area contributed by atoms with Crippen LogP contribution >= 0.6 is 24.2 Å². The van der Waals surface area contributed by atoms with Crippen LogP contribution in [-0.2, 0) is 12.8 Å². The van der Waals surface area contributed by atoms with Crippen molar-refractivity contribution in [1.29, 1.82) is 0 Å². The molecule has 0 spiro atoms. The minimum atomic E-state index is 1.17. The van der Waals surface area contributed by atoms with Crippen LogP contribution < -0.4 is 5.14 Å². The van der Waals surface area contributed by atoms with Crippen molar-refractivity contribution in [3.05, 3.63) is 28.8 Å². The molecule has 0 saturated carbocycles. The summed E-state index contributed by atoms with van der Waals surface area (Å²) in [7, 11) is 0. The molecule has 2 rings (SSSR count). The molecule has 0 aliphatic rings. The molecule has 0 fully saturated rings. The van der Waals surface area contributed by atoms with Gasteiger partial charge in [0.1, 0.15) is 0 Å². The van der Waals surface area contributed by atoms with Gasteiger partial charge in [-0.2, -0.15) is 0 Å². The molecule has 0 radical (unpaired) electrons. The van der Waals surface area contributed by atoms with Crippen molar-refractivity contribution in [3.63, 3.8) is 0 Å². The first-order valence-corrected chi connectivity index (χ1v) is 11.3. The van der Waals surface area contributed by atoms with Crippen LogP contribution in [-0.4, -0.2) is 4.98 Å². The van der Waals surface area contributed by atoms with Crippen LogP contribution in [0, 0.1) is 0 Å². The summed E-state index contributed by atoms with van der Waals surface area (Å²) in [5, 5.41) is 5.54. The minimum absolute atomic E-state index is 1.17. The number of nitrogens with two attached hydrogens (primary N) is 1. The Morgan fingerprint density at radius 1 is 0.840 bits per heavy atom. The van der Waals surface area contributed by atoms with E-state index >= 15 is 0 Å². The maximum atomic E-state index is 4.96. The normalized spacial score (nSPS) is 10.7. The van der Waals surface area contributed by atoms with E-state index in [1.165, 1.54) is 97.8 Å². The van der Waals surface area contributed by atoms with Gasteiger partial charge in [-0.3, -0.25) is 5.14 Å². The predicted molar refractivity (Wildman–Crippen MR) is 118 cm³/mol. The molecule has 0 saturated heterocycles. The van der Waals surface area contributed by atoms with Crippen molar-refractivity contribution in [2.24, 2.45) is 5.14 Å². The molecule has 0 amide bonds. The topological polar surface area (TPSA) is 38.9 Å². The fourth-order valence-electron chi connectivity index (χ4n) is 3.16. The van der Waals surface area contributed by atoms with Gasteiger partial charge < -0.3 is 0 Å². The first-order valence-electron chi connectivity index (χ1n) is 9.98. The lowest BCUT2D eigenvalue weighted by Crippen LogP contribution is -1.89. The number of benzene rings is 1. The fraction of sp³-hybridized carbons (Fsp3) is 0.667. The Kier molecular flexibility index (Phi) is 13.1. The maximum absolute atomic E-state index is 4.96. The quantitative estimate of drug-likeness (QED) is 0.304. The Hall–Kier alpha value is -0.580. The number of fused-ring (bicyclic) bond motifs is 1. The van der Waals surface area contributed by atoms with Gasteiger partial charge in [-0.25, -0.2) is 4.98 Å². The van der Waals surface area contributed by atoms with Crippen molar-refractivity contribution in [1.82, 2.24) is 4.98 Å². The third-order valence-corrected chi connectivity index (χ3v) is 5.67. The Morgan fingerprint density at radius 3 is 2.08 bits per heavy atom. The van der Waals surface area contributed by atoms with Crippen LogP contribution in [0.1, 0.15) is 88.6 Å². The lowest BCUT2D eigenvalue weighted by Gasteiger charge is -2.02. The standard InChI is InChI=1S/C21H33NS.H3NS/c1-3-5-7-9-11-14-18-15-13-16-19-21(18)22-20(23-19)17-12-10-8-6-4-2;1-2/h13,15-16H,3-12,14,17H2,1-2H3;2H,1H2. The average Bonchev–Trinajstić information content (AvgIpc) is 3.07. The number of thiazole rings is 1. The monoisotopic (exact) mass is 380 g/mol. The van der Waals surface area contributed by atoms with E-state index in [0.717, 1.165) is 0 Å². The molecule has 0 bridgehead atoms. The molecule has 2 aromatic rings. The Labute approximate surface area is 164 Å². The van der Waals surface area contributed by atoms with Gasteiger partial charge in [0.2, 0.25) is 0 Å². The molecular formula is C21H36N2S2. The van der Waals surface area contributed by atoms with E-state index < -0.39 is 0 Å². The van der Waals surface area contributed by atoms with Gasteiger partial charge >= 0.3 is 0 Å². The third-order valence-electron chi connectivity index (χ3n) is 4.59. The van der Waals surface area contributed by atoms with Crippen molar-refractivity contribution in [2.75, 3.05) is 0 Å². The number of hydrogen-bond donors (Lipinski definition) is 2. The first-order chi connectivity index (χ1) is 12.3.